The fourth-order valence-corrected chi connectivity index (χ4v) is 3.04. The molecule has 1 aliphatic rings. The summed E-state index contributed by atoms with van der Waals surface area (Å²) in [7, 11) is 2.00. The fraction of sp³-hybridized carbons (Fsp3) is 0.533. The van der Waals surface area contributed by atoms with Gasteiger partial charge >= 0.3 is 0 Å². The van der Waals surface area contributed by atoms with Crippen LogP contribution in [0.2, 0.25) is 0 Å². The molecule has 3 nitrogen and oxygen atoms in total. The monoisotopic (exact) mass is 243 g/mol. The minimum atomic E-state index is 0.120. The van der Waals surface area contributed by atoms with E-state index >= 15 is 0 Å². The summed E-state index contributed by atoms with van der Waals surface area (Å²) >= 11 is 0. The Kier molecular flexibility index (Phi) is 3.58. The van der Waals surface area contributed by atoms with Gasteiger partial charge in [-0.2, -0.15) is 5.26 Å². The molecule has 0 saturated carbocycles. The van der Waals surface area contributed by atoms with Crippen LogP contribution in [0.3, 0.4) is 0 Å². The number of hydrogen-bond donors (Lipinski definition) is 1. The van der Waals surface area contributed by atoms with Gasteiger partial charge in [0.1, 0.15) is 6.07 Å². The van der Waals surface area contributed by atoms with E-state index in [0.29, 0.717) is 5.92 Å². The molecule has 1 N–H and O–H groups in total. The van der Waals surface area contributed by atoms with E-state index < -0.39 is 0 Å². The van der Waals surface area contributed by atoms with Gasteiger partial charge < -0.3 is 10.2 Å². The lowest BCUT2D eigenvalue weighted by atomic mass is 9.96. The third-order valence-corrected chi connectivity index (χ3v) is 3.77. The van der Waals surface area contributed by atoms with Gasteiger partial charge in [-0.05, 0) is 51.9 Å². The number of benzene rings is 1. The van der Waals surface area contributed by atoms with E-state index in [1.165, 1.54) is 0 Å². The van der Waals surface area contributed by atoms with E-state index in [1.54, 1.807) is 0 Å². The Balaban J connectivity index is 2.30. The highest BCUT2D eigenvalue weighted by Crippen LogP contribution is 2.37. The molecule has 96 valence electrons. The number of hydrogen-bond acceptors (Lipinski definition) is 3. The number of nitrogens with one attached hydrogen (secondary N) is 1. The molecular formula is C15H21N3. The van der Waals surface area contributed by atoms with Crippen LogP contribution in [0.5, 0.6) is 0 Å². The molecule has 1 fully saturated rings. The van der Waals surface area contributed by atoms with Crippen molar-refractivity contribution in [3.8, 4) is 6.07 Å². The Bertz CT molecular complexity index is 459. The minimum Gasteiger partial charge on any atom is -0.365 e. The molecule has 0 bridgehead atoms. The number of anilines is 1. The first-order valence-electron chi connectivity index (χ1n) is 6.50. The van der Waals surface area contributed by atoms with Crippen LogP contribution in [-0.2, 0) is 0 Å². The maximum atomic E-state index is 9.23. The lowest BCUT2D eigenvalue weighted by Crippen LogP contribution is -2.38. The van der Waals surface area contributed by atoms with E-state index in [0.717, 1.165) is 30.8 Å². The van der Waals surface area contributed by atoms with Gasteiger partial charge in [-0.1, -0.05) is 12.1 Å². The highest BCUT2D eigenvalue weighted by molar-refractivity contribution is 5.61. The summed E-state index contributed by atoms with van der Waals surface area (Å²) in [5.41, 5.74) is 1.97. The second-order valence-corrected chi connectivity index (χ2v) is 5.68. The minimum absolute atomic E-state index is 0.120. The van der Waals surface area contributed by atoms with Crippen molar-refractivity contribution in [3.05, 3.63) is 29.8 Å². The zero-order chi connectivity index (χ0) is 13.2. The molecule has 1 aliphatic heterocycles. The summed E-state index contributed by atoms with van der Waals surface area (Å²) in [5.74, 6) is 0.650. The van der Waals surface area contributed by atoms with Crippen LogP contribution in [0.25, 0.3) is 0 Å². The third kappa shape index (κ3) is 2.34. The molecule has 1 aromatic carbocycles. The summed E-state index contributed by atoms with van der Waals surface area (Å²) < 4.78 is 0. The van der Waals surface area contributed by atoms with Crippen LogP contribution >= 0.6 is 0 Å². The number of rotatable bonds is 3. The van der Waals surface area contributed by atoms with Gasteiger partial charge in [-0.25, -0.2) is 0 Å². The average Bonchev–Trinajstić information content (AvgIpc) is 2.64. The van der Waals surface area contributed by atoms with Crippen molar-refractivity contribution in [2.45, 2.75) is 25.8 Å². The molecule has 18 heavy (non-hydrogen) atoms. The summed E-state index contributed by atoms with van der Waals surface area (Å²) in [5, 5.41) is 12.5. The first-order valence-corrected chi connectivity index (χ1v) is 6.50. The van der Waals surface area contributed by atoms with Gasteiger partial charge in [0.2, 0.25) is 0 Å². The third-order valence-electron chi connectivity index (χ3n) is 3.77. The summed E-state index contributed by atoms with van der Waals surface area (Å²) in [6, 6.07) is 10.2. The van der Waals surface area contributed by atoms with Crippen molar-refractivity contribution in [2.24, 2.45) is 5.92 Å². The molecule has 0 spiro atoms. The largest absolute Gasteiger partial charge is 0.365 e. The van der Waals surface area contributed by atoms with Crippen LogP contribution in [0.15, 0.2) is 24.3 Å². The van der Waals surface area contributed by atoms with E-state index in [-0.39, 0.29) is 5.54 Å². The summed E-state index contributed by atoms with van der Waals surface area (Å²) in [4.78, 5) is 2.38. The Morgan fingerprint density at radius 3 is 2.83 bits per heavy atom. The van der Waals surface area contributed by atoms with Crippen molar-refractivity contribution in [1.82, 2.24) is 5.32 Å². The predicted octanol–water partition coefficient (Wildman–Crippen LogP) is 2.38. The topological polar surface area (TPSA) is 39.1 Å². The molecular weight excluding hydrogens is 222 g/mol. The Labute approximate surface area is 109 Å². The highest BCUT2D eigenvalue weighted by Gasteiger charge is 2.38. The van der Waals surface area contributed by atoms with Crippen molar-refractivity contribution in [1.29, 1.82) is 5.26 Å². The number of nitriles is 1. The first kappa shape index (κ1) is 12.9. The average molecular weight is 243 g/mol. The highest BCUT2D eigenvalue weighted by atomic mass is 15.2. The van der Waals surface area contributed by atoms with E-state index in [2.05, 4.69) is 36.2 Å². The Morgan fingerprint density at radius 1 is 1.44 bits per heavy atom. The predicted molar refractivity (Wildman–Crippen MR) is 74.6 cm³/mol. The van der Waals surface area contributed by atoms with Crippen molar-refractivity contribution in [3.63, 3.8) is 0 Å². The van der Waals surface area contributed by atoms with Gasteiger partial charge in [0.05, 0.1) is 11.3 Å². The molecule has 1 heterocycles. The summed E-state index contributed by atoms with van der Waals surface area (Å²) in [6.45, 7) is 6.58. The van der Waals surface area contributed by atoms with Crippen molar-refractivity contribution in [2.75, 3.05) is 25.0 Å². The van der Waals surface area contributed by atoms with E-state index in [9.17, 15) is 5.26 Å². The molecule has 0 aromatic heterocycles. The lowest BCUT2D eigenvalue weighted by Gasteiger charge is -2.34. The second-order valence-electron chi connectivity index (χ2n) is 5.68. The quantitative estimate of drug-likeness (QED) is 0.886. The number of nitrogens with zero attached hydrogens (tertiary/aromatic N) is 2. The molecule has 1 aromatic rings. The van der Waals surface area contributed by atoms with Crippen LogP contribution in [0, 0.1) is 17.2 Å². The molecule has 2 rings (SSSR count). The number of para-hydroxylation sites is 1. The molecule has 3 heteroatoms. The molecule has 0 aliphatic carbocycles. The summed E-state index contributed by atoms with van der Waals surface area (Å²) in [6.07, 6.45) is 1.16. The molecule has 1 atom stereocenters. The zero-order valence-electron chi connectivity index (χ0n) is 11.4. The fourth-order valence-electron chi connectivity index (χ4n) is 3.04. The Hall–Kier alpha value is -1.53. The first-order chi connectivity index (χ1) is 8.58. The second kappa shape index (κ2) is 4.99. The van der Waals surface area contributed by atoms with Gasteiger partial charge in [0.25, 0.3) is 0 Å². The van der Waals surface area contributed by atoms with E-state index in [1.807, 2.05) is 25.2 Å². The van der Waals surface area contributed by atoms with Crippen LogP contribution in [-0.4, -0.2) is 25.7 Å². The van der Waals surface area contributed by atoms with Crippen molar-refractivity contribution < 1.29 is 0 Å². The normalized spacial score (nSPS) is 21.9. The lowest BCUT2D eigenvalue weighted by molar-refractivity contribution is 0.461. The molecule has 0 radical (unpaired) electrons. The van der Waals surface area contributed by atoms with E-state index in [4.69, 9.17) is 0 Å². The van der Waals surface area contributed by atoms with Crippen LogP contribution < -0.4 is 10.2 Å². The standard InChI is InChI=1S/C15H21N3/c1-15(2)8-12(10-17-3)11-18(15)14-7-5-4-6-13(14)9-16/h4-7,12,17H,8,10-11H2,1-3H3. The SMILES string of the molecule is CNCC1CN(c2ccccc2C#N)C(C)(C)C1. The van der Waals surface area contributed by atoms with Crippen LogP contribution in [0.1, 0.15) is 25.8 Å². The molecule has 0 amide bonds. The van der Waals surface area contributed by atoms with Gasteiger partial charge in [-0.3, -0.25) is 0 Å². The molecule has 1 unspecified atom stereocenters. The smallest absolute Gasteiger partial charge is 0.101 e. The van der Waals surface area contributed by atoms with Crippen molar-refractivity contribution >= 4 is 5.69 Å². The Morgan fingerprint density at radius 2 is 2.17 bits per heavy atom. The van der Waals surface area contributed by atoms with Gasteiger partial charge in [-0.15, -0.1) is 0 Å². The van der Waals surface area contributed by atoms with Gasteiger partial charge in [0.15, 0.2) is 0 Å². The maximum Gasteiger partial charge on any atom is 0.101 e. The maximum absolute atomic E-state index is 9.23. The zero-order valence-corrected chi connectivity index (χ0v) is 11.4. The molecule has 1 saturated heterocycles. The van der Waals surface area contributed by atoms with Gasteiger partial charge in [0, 0.05) is 12.1 Å². The van der Waals surface area contributed by atoms with Crippen LogP contribution in [0.4, 0.5) is 5.69 Å².